The summed E-state index contributed by atoms with van der Waals surface area (Å²) >= 11 is 6.10. The van der Waals surface area contributed by atoms with Gasteiger partial charge in [-0.3, -0.25) is 0 Å². The normalized spacial score (nSPS) is 16.2. The second kappa shape index (κ2) is 7.73. The summed E-state index contributed by atoms with van der Waals surface area (Å²) in [7, 11) is 2.18. The van der Waals surface area contributed by atoms with E-state index in [0.29, 0.717) is 0 Å². The van der Waals surface area contributed by atoms with Crippen molar-refractivity contribution in [1.82, 2.24) is 9.80 Å². The van der Waals surface area contributed by atoms with Crippen molar-refractivity contribution in [2.75, 3.05) is 51.6 Å². The van der Waals surface area contributed by atoms with Crippen molar-refractivity contribution >= 4 is 17.3 Å². The number of hydrogen-bond acceptors (Lipinski definition) is 3. The van der Waals surface area contributed by atoms with E-state index in [9.17, 15) is 0 Å². The van der Waals surface area contributed by atoms with Crippen LogP contribution >= 0.6 is 11.6 Å². The van der Waals surface area contributed by atoms with Crippen LogP contribution in [0.25, 0.3) is 0 Å². The average molecular weight is 282 g/mol. The first kappa shape index (κ1) is 14.6. The minimum absolute atomic E-state index is 0.794. The second-order valence-corrected chi connectivity index (χ2v) is 5.67. The Hall–Kier alpha value is -0.770. The molecule has 4 heteroatoms. The average Bonchev–Trinajstić information content (AvgIpc) is 2.92. The monoisotopic (exact) mass is 281 g/mol. The number of rotatable bonds is 7. The summed E-state index contributed by atoms with van der Waals surface area (Å²) in [5.74, 6) is 0. The number of benzene rings is 1. The number of nitrogens with zero attached hydrogens (tertiary/aromatic N) is 2. The molecule has 0 aliphatic carbocycles. The van der Waals surface area contributed by atoms with Crippen molar-refractivity contribution in [3.63, 3.8) is 0 Å². The fraction of sp³-hybridized carbons (Fsp3) is 0.600. The van der Waals surface area contributed by atoms with Crippen molar-refractivity contribution < 1.29 is 0 Å². The maximum absolute atomic E-state index is 6.10. The quantitative estimate of drug-likeness (QED) is 0.829. The Kier molecular flexibility index (Phi) is 5.95. The molecule has 19 heavy (non-hydrogen) atoms. The van der Waals surface area contributed by atoms with Crippen LogP contribution in [0.4, 0.5) is 5.69 Å². The fourth-order valence-corrected chi connectivity index (χ4v) is 2.62. The van der Waals surface area contributed by atoms with Gasteiger partial charge < -0.3 is 15.1 Å². The summed E-state index contributed by atoms with van der Waals surface area (Å²) in [6.07, 6.45) is 2.75. The fourth-order valence-electron chi connectivity index (χ4n) is 2.42. The van der Waals surface area contributed by atoms with Gasteiger partial charge in [0.15, 0.2) is 0 Å². The van der Waals surface area contributed by atoms with Gasteiger partial charge in [-0.05, 0) is 45.1 Å². The molecule has 1 aliphatic rings. The molecule has 1 fully saturated rings. The molecule has 3 nitrogen and oxygen atoms in total. The predicted molar refractivity (Wildman–Crippen MR) is 83.1 cm³/mol. The Morgan fingerprint density at radius 2 is 1.95 bits per heavy atom. The minimum atomic E-state index is 0.794. The van der Waals surface area contributed by atoms with Gasteiger partial charge in [0.2, 0.25) is 0 Å². The Morgan fingerprint density at radius 3 is 2.68 bits per heavy atom. The van der Waals surface area contributed by atoms with Crippen molar-refractivity contribution in [3.8, 4) is 0 Å². The Bertz CT molecular complexity index is 377. The lowest BCUT2D eigenvalue weighted by Gasteiger charge is -2.21. The molecule has 1 aromatic carbocycles. The van der Waals surface area contributed by atoms with Gasteiger partial charge in [0.25, 0.3) is 0 Å². The lowest BCUT2D eigenvalue weighted by Crippen LogP contribution is -2.33. The smallest absolute Gasteiger partial charge is 0.0637 e. The summed E-state index contributed by atoms with van der Waals surface area (Å²) in [5.41, 5.74) is 1.03. The zero-order valence-corrected chi connectivity index (χ0v) is 12.5. The Balaban J connectivity index is 1.61. The largest absolute Gasteiger partial charge is 0.383 e. The zero-order chi connectivity index (χ0) is 13.5. The molecule has 0 bridgehead atoms. The third-order valence-corrected chi connectivity index (χ3v) is 4.01. The highest BCUT2D eigenvalue weighted by molar-refractivity contribution is 6.33. The number of para-hydroxylation sites is 1. The summed E-state index contributed by atoms with van der Waals surface area (Å²) in [6, 6.07) is 7.90. The summed E-state index contributed by atoms with van der Waals surface area (Å²) in [4.78, 5) is 4.93. The zero-order valence-electron chi connectivity index (χ0n) is 11.7. The molecule has 106 valence electrons. The molecule has 1 saturated heterocycles. The van der Waals surface area contributed by atoms with E-state index in [-0.39, 0.29) is 0 Å². The highest BCUT2D eigenvalue weighted by Crippen LogP contribution is 2.19. The molecular weight excluding hydrogens is 258 g/mol. The maximum Gasteiger partial charge on any atom is 0.0637 e. The molecule has 0 atom stereocenters. The van der Waals surface area contributed by atoms with Gasteiger partial charge in [-0.2, -0.15) is 0 Å². The highest BCUT2D eigenvalue weighted by Gasteiger charge is 2.11. The molecule has 0 aromatic heterocycles. The molecule has 1 N–H and O–H groups in total. The summed E-state index contributed by atoms with van der Waals surface area (Å²) in [6.45, 7) is 6.88. The molecular formula is C15H24ClN3. The summed E-state index contributed by atoms with van der Waals surface area (Å²) in [5, 5.41) is 4.18. The van der Waals surface area contributed by atoms with Crippen LogP contribution in [0.3, 0.4) is 0 Å². The first-order chi connectivity index (χ1) is 9.25. The molecule has 1 heterocycles. The van der Waals surface area contributed by atoms with Crippen LogP contribution < -0.4 is 5.32 Å². The molecule has 0 spiro atoms. The van der Waals surface area contributed by atoms with Crippen LogP contribution in [-0.4, -0.2) is 56.1 Å². The van der Waals surface area contributed by atoms with Crippen LogP contribution in [0.15, 0.2) is 24.3 Å². The van der Waals surface area contributed by atoms with Crippen LogP contribution in [0.5, 0.6) is 0 Å². The number of nitrogens with one attached hydrogen (secondary N) is 1. The van der Waals surface area contributed by atoms with Crippen molar-refractivity contribution in [3.05, 3.63) is 29.3 Å². The molecule has 0 amide bonds. The number of hydrogen-bond donors (Lipinski definition) is 1. The van der Waals surface area contributed by atoms with Crippen molar-refractivity contribution in [2.45, 2.75) is 12.8 Å². The van der Waals surface area contributed by atoms with E-state index in [1.165, 1.54) is 32.5 Å². The molecule has 0 saturated carbocycles. The molecule has 1 aliphatic heterocycles. The topological polar surface area (TPSA) is 18.5 Å². The van der Waals surface area contributed by atoms with E-state index in [2.05, 4.69) is 22.2 Å². The first-order valence-electron chi connectivity index (χ1n) is 7.15. The number of anilines is 1. The SMILES string of the molecule is CN(CCNc1ccccc1Cl)CCN1CCCC1. The first-order valence-corrected chi connectivity index (χ1v) is 7.53. The van der Waals surface area contributed by atoms with Crippen molar-refractivity contribution in [1.29, 1.82) is 0 Å². The maximum atomic E-state index is 6.10. The van der Waals surface area contributed by atoms with Gasteiger partial charge in [-0.1, -0.05) is 23.7 Å². The Morgan fingerprint density at radius 1 is 1.21 bits per heavy atom. The van der Waals surface area contributed by atoms with E-state index < -0.39 is 0 Å². The van der Waals surface area contributed by atoms with Crippen molar-refractivity contribution in [2.24, 2.45) is 0 Å². The molecule has 2 rings (SSSR count). The van der Waals surface area contributed by atoms with Crippen LogP contribution in [0, 0.1) is 0 Å². The lowest BCUT2D eigenvalue weighted by atomic mass is 10.3. The van der Waals surface area contributed by atoms with Crippen LogP contribution in [0.2, 0.25) is 5.02 Å². The van der Waals surface area contributed by atoms with E-state index in [1.807, 2.05) is 24.3 Å². The summed E-state index contributed by atoms with van der Waals surface area (Å²) < 4.78 is 0. The Labute approximate surface area is 121 Å². The van der Waals surface area contributed by atoms with Crippen LogP contribution in [0.1, 0.15) is 12.8 Å². The third-order valence-electron chi connectivity index (χ3n) is 3.68. The van der Waals surface area contributed by atoms with E-state index in [4.69, 9.17) is 11.6 Å². The van der Waals surface area contributed by atoms with Gasteiger partial charge in [0, 0.05) is 26.2 Å². The van der Waals surface area contributed by atoms with Gasteiger partial charge in [0.1, 0.15) is 0 Å². The number of halogens is 1. The molecule has 0 unspecified atom stereocenters. The van der Waals surface area contributed by atoms with E-state index in [1.54, 1.807) is 0 Å². The van der Waals surface area contributed by atoms with Gasteiger partial charge in [-0.25, -0.2) is 0 Å². The van der Waals surface area contributed by atoms with Crippen LogP contribution in [-0.2, 0) is 0 Å². The minimum Gasteiger partial charge on any atom is -0.383 e. The predicted octanol–water partition coefficient (Wildman–Crippen LogP) is 2.78. The molecule has 0 radical (unpaired) electrons. The van der Waals surface area contributed by atoms with Gasteiger partial charge in [-0.15, -0.1) is 0 Å². The third kappa shape index (κ3) is 5.01. The molecule has 1 aromatic rings. The van der Waals surface area contributed by atoms with E-state index in [0.717, 1.165) is 30.3 Å². The van der Waals surface area contributed by atoms with E-state index >= 15 is 0 Å². The highest BCUT2D eigenvalue weighted by atomic mass is 35.5. The lowest BCUT2D eigenvalue weighted by molar-refractivity contribution is 0.262. The number of likely N-dealkylation sites (tertiary alicyclic amines) is 1. The van der Waals surface area contributed by atoms with Gasteiger partial charge in [0.05, 0.1) is 10.7 Å². The second-order valence-electron chi connectivity index (χ2n) is 5.26. The standard InChI is InChI=1S/C15H24ClN3/c1-18(12-13-19-9-4-5-10-19)11-8-17-15-7-3-2-6-14(15)16/h2-3,6-7,17H,4-5,8-13H2,1H3. The van der Waals surface area contributed by atoms with Gasteiger partial charge >= 0.3 is 0 Å². The number of likely N-dealkylation sites (N-methyl/N-ethyl adjacent to an activating group) is 1.